The van der Waals surface area contributed by atoms with Crippen LogP contribution in [-0.2, 0) is 4.74 Å². The van der Waals surface area contributed by atoms with E-state index >= 15 is 0 Å². The average Bonchev–Trinajstić information content (AvgIpc) is 1.60. The summed E-state index contributed by atoms with van der Waals surface area (Å²) in [6.07, 6.45) is 0. The van der Waals surface area contributed by atoms with Crippen molar-refractivity contribution in [2.45, 2.75) is 40.2 Å². The summed E-state index contributed by atoms with van der Waals surface area (Å²) in [5, 5.41) is 10.9. The van der Waals surface area contributed by atoms with Gasteiger partial charge in [-0.25, -0.2) is 0 Å². The molecule has 0 atom stereocenters. The zero-order chi connectivity index (χ0) is 8.36. The van der Waals surface area contributed by atoms with E-state index in [0.29, 0.717) is 5.57 Å². The molecule has 3 heteroatoms. The molecule has 0 saturated heterocycles. The molecule has 0 spiro atoms. The summed E-state index contributed by atoms with van der Waals surface area (Å²) in [6.45, 7) is 9.05. The Morgan fingerprint density at radius 2 is 1.55 bits per heavy atom. The van der Waals surface area contributed by atoms with Crippen molar-refractivity contribution in [2.75, 3.05) is 0 Å². The third kappa shape index (κ3) is 7.84. The van der Waals surface area contributed by atoms with Gasteiger partial charge < -0.3 is 9.84 Å². The molecule has 11 heavy (non-hydrogen) atoms. The summed E-state index contributed by atoms with van der Waals surface area (Å²) in [4.78, 5) is 0. The van der Waals surface area contributed by atoms with Crippen LogP contribution in [0.4, 0.5) is 0 Å². The fourth-order valence-corrected chi connectivity index (χ4v) is 0.380. The standard InChI is InChI=1S/C8H16O2.Li/c1-6(2)7(9)10-8(3,4)5;/h9H,1-5H3;/q;+1/p-1. The maximum absolute atomic E-state index is 10.9. The minimum Gasteiger partial charge on any atom is -0.608 e. The van der Waals surface area contributed by atoms with E-state index in [1.165, 1.54) is 0 Å². The second-order valence-electron chi connectivity index (χ2n) is 3.50. The molecule has 0 N–H and O–H groups in total. The van der Waals surface area contributed by atoms with Crippen molar-refractivity contribution in [1.29, 1.82) is 0 Å². The first kappa shape index (κ1) is 13.5. The number of ether oxygens (including phenoxy) is 1. The van der Waals surface area contributed by atoms with Crippen LogP contribution >= 0.6 is 0 Å². The molecule has 0 aromatic carbocycles. The molecule has 0 unspecified atom stereocenters. The van der Waals surface area contributed by atoms with E-state index in [2.05, 4.69) is 0 Å². The Labute approximate surface area is 80.8 Å². The molecule has 0 aliphatic carbocycles. The van der Waals surface area contributed by atoms with Gasteiger partial charge in [0.05, 0.1) is 5.95 Å². The van der Waals surface area contributed by atoms with E-state index in [9.17, 15) is 5.11 Å². The van der Waals surface area contributed by atoms with Crippen molar-refractivity contribution in [2.24, 2.45) is 0 Å². The number of allylic oxidation sites excluding steroid dienone is 1. The second kappa shape index (κ2) is 4.74. The average molecular weight is 150 g/mol. The molecule has 0 aromatic heterocycles. The molecule has 0 bridgehead atoms. The van der Waals surface area contributed by atoms with Gasteiger partial charge in [-0.05, 0) is 13.8 Å². The molecule has 0 radical (unpaired) electrons. The predicted octanol–water partition coefficient (Wildman–Crippen LogP) is -1.58. The number of hydrogen-bond acceptors (Lipinski definition) is 2. The molecule has 0 amide bonds. The topological polar surface area (TPSA) is 32.3 Å². The van der Waals surface area contributed by atoms with Gasteiger partial charge in [-0.2, -0.15) is 0 Å². The van der Waals surface area contributed by atoms with E-state index in [0.717, 1.165) is 0 Å². The van der Waals surface area contributed by atoms with Gasteiger partial charge in [-0.3, -0.25) is 0 Å². The van der Waals surface area contributed by atoms with Crippen molar-refractivity contribution in [1.82, 2.24) is 0 Å². The van der Waals surface area contributed by atoms with Crippen LogP contribution in [0.3, 0.4) is 0 Å². The minimum atomic E-state index is -0.367. The summed E-state index contributed by atoms with van der Waals surface area (Å²) in [5.74, 6) is -0.215. The van der Waals surface area contributed by atoms with Crippen LogP contribution in [-0.4, -0.2) is 5.60 Å². The van der Waals surface area contributed by atoms with Gasteiger partial charge in [0.25, 0.3) is 0 Å². The molecular formula is C8H15LiO2. The summed E-state index contributed by atoms with van der Waals surface area (Å²) in [6, 6.07) is 0. The van der Waals surface area contributed by atoms with Gasteiger partial charge in [-0.1, -0.05) is 26.3 Å². The third-order valence-electron chi connectivity index (χ3n) is 0.807. The van der Waals surface area contributed by atoms with Crippen LogP contribution in [0.1, 0.15) is 34.6 Å². The molecule has 0 rings (SSSR count). The first-order valence-corrected chi connectivity index (χ1v) is 3.36. The first-order valence-electron chi connectivity index (χ1n) is 3.36. The van der Waals surface area contributed by atoms with E-state index in [1.54, 1.807) is 13.8 Å². The molecule has 0 aliphatic rings. The first-order chi connectivity index (χ1) is 4.33. The van der Waals surface area contributed by atoms with Crippen LogP contribution in [0.2, 0.25) is 0 Å². The Morgan fingerprint density at radius 3 is 1.64 bits per heavy atom. The fraction of sp³-hybridized carbons (Fsp3) is 0.750. The van der Waals surface area contributed by atoms with Gasteiger partial charge in [-0.15, -0.1) is 0 Å². The van der Waals surface area contributed by atoms with E-state index in [4.69, 9.17) is 4.74 Å². The quantitative estimate of drug-likeness (QED) is 0.334. The Kier molecular flexibility index (Phi) is 5.83. The summed E-state index contributed by atoms with van der Waals surface area (Å²) < 4.78 is 5.02. The zero-order valence-corrected chi connectivity index (χ0v) is 8.32. The van der Waals surface area contributed by atoms with Crippen LogP contribution in [0.15, 0.2) is 11.5 Å². The van der Waals surface area contributed by atoms with E-state index < -0.39 is 0 Å². The van der Waals surface area contributed by atoms with Crippen molar-refractivity contribution >= 4 is 0 Å². The predicted molar refractivity (Wildman–Crippen MR) is 39.2 cm³/mol. The minimum absolute atomic E-state index is 0. The molecule has 0 fully saturated rings. The number of rotatable bonds is 1. The summed E-state index contributed by atoms with van der Waals surface area (Å²) in [5.41, 5.74) is 0.323. The zero-order valence-electron chi connectivity index (χ0n) is 8.32. The summed E-state index contributed by atoms with van der Waals surface area (Å²) in [7, 11) is 0. The van der Waals surface area contributed by atoms with Crippen molar-refractivity contribution in [3.05, 3.63) is 11.5 Å². The number of hydrogen-bond donors (Lipinski definition) is 0. The van der Waals surface area contributed by atoms with Crippen LogP contribution in [0, 0.1) is 0 Å². The molecule has 0 aromatic rings. The van der Waals surface area contributed by atoms with Crippen LogP contribution in [0.5, 0.6) is 0 Å². The Bertz CT molecular complexity index is 141. The molecule has 0 saturated carbocycles. The monoisotopic (exact) mass is 150 g/mol. The van der Waals surface area contributed by atoms with Crippen LogP contribution in [0.25, 0.3) is 0 Å². The van der Waals surface area contributed by atoms with Gasteiger partial charge in [0.2, 0.25) is 0 Å². The maximum Gasteiger partial charge on any atom is 1.00 e. The van der Waals surface area contributed by atoms with E-state index in [-0.39, 0.29) is 30.4 Å². The SMILES string of the molecule is CC(C)=C([O-])OC(C)(C)C.[Li+]. The van der Waals surface area contributed by atoms with E-state index in [1.807, 2.05) is 20.8 Å². The van der Waals surface area contributed by atoms with Gasteiger partial charge in [0.15, 0.2) is 0 Å². The van der Waals surface area contributed by atoms with Crippen molar-refractivity contribution < 1.29 is 28.7 Å². The second-order valence-corrected chi connectivity index (χ2v) is 3.50. The molecule has 0 heterocycles. The Hall–Kier alpha value is -0.0626. The molecule has 0 aliphatic heterocycles. The Morgan fingerprint density at radius 1 is 1.18 bits per heavy atom. The molecular weight excluding hydrogens is 135 g/mol. The van der Waals surface area contributed by atoms with Gasteiger partial charge >= 0.3 is 18.9 Å². The van der Waals surface area contributed by atoms with Gasteiger partial charge in [0.1, 0.15) is 0 Å². The molecule has 60 valence electrons. The van der Waals surface area contributed by atoms with Crippen molar-refractivity contribution in [3.8, 4) is 0 Å². The smallest absolute Gasteiger partial charge is 0.608 e. The maximum atomic E-state index is 10.9. The normalized spacial score (nSPS) is 9.91. The third-order valence-corrected chi connectivity index (χ3v) is 0.807. The van der Waals surface area contributed by atoms with Gasteiger partial charge in [0, 0.05) is 5.60 Å². The molecule has 2 nitrogen and oxygen atoms in total. The van der Waals surface area contributed by atoms with Crippen molar-refractivity contribution in [3.63, 3.8) is 0 Å². The van der Waals surface area contributed by atoms with Crippen LogP contribution < -0.4 is 24.0 Å². The Balaban J connectivity index is 0. The fourth-order valence-electron chi connectivity index (χ4n) is 0.380. The summed E-state index contributed by atoms with van der Waals surface area (Å²) >= 11 is 0. The largest absolute Gasteiger partial charge is 1.00 e.